The number of nitrogens with one attached hydrogen (secondary N) is 3. The minimum Gasteiger partial charge on any atom is -0.360 e. The molecule has 0 saturated carbocycles. The molecule has 3 N–H and O–H groups in total. The van der Waals surface area contributed by atoms with E-state index in [-0.39, 0.29) is 17.3 Å². The number of aryl methyl sites for hydroxylation is 1. The van der Waals surface area contributed by atoms with Gasteiger partial charge in [0.25, 0.3) is 0 Å². The van der Waals surface area contributed by atoms with Crippen molar-refractivity contribution in [2.24, 2.45) is 0 Å². The smallest absolute Gasteiger partial charge is 0.221 e. The van der Waals surface area contributed by atoms with Crippen molar-refractivity contribution in [3.8, 4) is 6.07 Å². The van der Waals surface area contributed by atoms with Gasteiger partial charge in [-0.2, -0.15) is 10.5 Å². The normalized spacial score (nSPS) is 10.8. The molecule has 0 aliphatic carbocycles. The molecule has 8 heteroatoms. The number of hydrogen-bond donors (Lipinski definition) is 3. The monoisotopic (exact) mass is 283 g/mol. The number of benzene rings is 1. The predicted molar refractivity (Wildman–Crippen MR) is 76.9 cm³/mol. The summed E-state index contributed by atoms with van der Waals surface area (Å²) < 4.78 is 0. The van der Waals surface area contributed by atoms with Crippen LogP contribution in [-0.4, -0.2) is 26.5 Å². The van der Waals surface area contributed by atoms with Gasteiger partial charge < -0.3 is 10.6 Å². The van der Waals surface area contributed by atoms with E-state index in [1.54, 1.807) is 6.07 Å². The molecular weight excluding hydrogens is 270 g/mol. The molecule has 0 atom stereocenters. The molecule has 0 saturated heterocycles. The van der Waals surface area contributed by atoms with Crippen LogP contribution in [0.3, 0.4) is 0 Å². The molecule has 1 amide bonds. The maximum Gasteiger partial charge on any atom is 0.221 e. The van der Waals surface area contributed by atoms with Gasteiger partial charge in [-0.1, -0.05) is 0 Å². The lowest BCUT2D eigenvalue weighted by molar-refractivity contribution is -0.114. The van der Waals surface area contributed by atoms with Gasteiger partial charge in [0.1, 0.15) is 11.6 Å². The molecule has 0 bridgehead atoms. The first-order valence-corrected chi connectivity index (χ1v) is 6.09. The van der Waals surface area contributed by atoms with Crippen molar-refractivity contribution in [1.82, 2.24) is 20.6 Å². The number of aromatic amines is 1. The highest BCUT2D eigenvalue weighted by Crippen LogP contribution is 2.20. The zero-order valence-electron chi connectivity index (χ0n) is 11.5. The Morgan fingerprint density at radius 3 is 2.86 bits per heavy atom. The first-order chi connectivity index (χ1) is 10.1. The van der Waals surface area contributed by atoms with E-state index in [0.717, 1.165) is 11.3 Å². The third-order valence-electron chi connectivity index (χ3n) is 2.63. The molecular formula is C13H13N7O. The number of anilines is 2. The van der Waals surface area contributed by atoms with Crippen LogP contribution in [0, 0.1) is 18.3 Å². The van der Waals surface area contributed by atoms with Crippen LogP contribution in [0.2, 0.25) is 0 Å². The van der Waals surface area contributed by atoms with Crippen LogP contribution in [0.1, 0.15) is 18.3 Å². The van der Waals surface area contributed by atoms with Gasteiger partial charge in [-0.25, -0.2) is 0 Å². The lowest BCUT2D eigenvalue weighted by Gasteiger charge is -2.08. The number of H-pyrrole nitrogens is 1. The number of rotatable bonds is 4. The second kappa shape index (κ2) is 6.29. The summed E-state index contributed by atoms with van der Waals surface area (Å²) in [4.78, 5) is 11.0. The summed E-state index contributed by atoms with van der Waals surface area (Å²) in [7, 11) is 0. The number of tetrazole rings is 1. The predicted octanol–water partition coefficient (Wildman–Crippen LogP) is 1.44. The van der Waals surface area contributed by atoms with Gasteiger partial charge in [0.15, 0.2) is 0 Å². The fourth-order valence-electron chi connectivity index (χ4n) is 1.68. The molecule has 0 spiro atoms. The van der Waals surface area contributed by atoms with Crippen molar-refractivity contribution in [3.05, 3.63) is 35.8 Å². The van der Waals surface area contributed by atoms with Crippen LogP contribution in [-0.2, 0) is 4.79 Å². The number of nitriles is 1. The summed E-state index contributed by atoms with van der Waals surface area (Å²) in [5.41, 5.74) is 2.70. The van der Waals surface area contributed by atoms with Crippen LogP contribution >= 0.6 is 0 Å². The summed E-state index contributed by atoms with van der Waals surface area (Å²) in [5.74, 6) is 0.0939. The van der Waals surface area contributed by atoms with Crippen molar-refractivity contribution in [3.63, 3.8) is 0 Å². The number of hydrogen-bond acceptors (Lipinski definition) is 6. The molecule has 8 nitrogen and oxygen atoms in total. The first kappa shape index (κ1) is 14.2. The van der Waals surface area contributed by atoms with Crippen LogP contribution < -0.4 is 10.6 Å². The molecule has 0 radical (unpaired) electrons. The summed E-state index contributed by atoms with van der Waals surface area (Å²) >= 11 is 0. The molecule has 1 aromatic heterocycles. The molecule has 2 aromatic rings. The fourth-order valence-corrected chi connectivity index (χ4v) is 1.68. The Morgan fingerprint density at radius 2 is 2.29 bits per heavy atom. The number of allylic oxidation sites excluding steroid dienone is 1. The van der Waals surface area contributed by atoms with Crippen molar-refractivity contribution in [2.75, 3.05) is 10.6 Å². The molecule has 0 aliphatic heterocycles. The number of aromatic nitrogens is 4. The third-order valence-corrected chi connectivity index (χ3v) is 2.63. The summed E-state index contributed by atoms with van der Waals surface area (Å²) in [6.07, 6.45) is 1.51. The maximum absolute atomic E-state index is 11.0. The van der Waals surface area contributed by atoms with Crippen molar-refractivity contribution >= 4 is 22.9 Å². The SMILES string of the molecule is CC(=O)Nc1ccc(NC=C(C#N)c2nn[nH]n2)c(C)c1. The highest BCUT2D eigenvalue weighted by Gasteiger charge is 2.06. The second-order valence-electron chi connectivity index (χ2n) is 4.26. The highest BCUT2D eigenvalue weighted by molar-refractivity contribution is 5.89. The van der Waals surface area contributed by atoms with Gasteiger partial charge >= 0.3 is 0 Å². The third kappa shape index (κ3) is 3.63. The van der Waals surface area contributed by atoms with Crippen LogP contribution in [0.5, 0.6) is 0 Å². The zero-order chi connectivity index (χ0) is 15.2. The fraction of sp³-hybridized carbons (Fsp3) is 0.154. The second-order valence-corrected chi connectivity index (χ2v) is 4.26. The van der Waals surface area contributed by atoms with E-state index in [1.165, 1.54) is 13.1 Å². The Kier molecular flexibility index (Phi) is 4.26. The molecule has 0 unspecified atom stereocenters. The van der Waals surface area contributed by atoms with E-state index >= 15 is 0 Å². The van der Waals surface area contributed by atoms with Gasteiger partial charge in [0, 0.05) is 24.5 Å². The zero-order valence-corrected chi connectivity index (χ0v) is 11.5. The molecule has 0 fully saturated rings. The Bertz CT molecular complexity index is 713. The Balaban J connectivity index is 2.16. The minimum atomic E-state index is -0.126. The average molecular weight is 283 g/mol. The van der Waals surface area contributed by atoms with E-state index < -0.39 is 0 Å². The lowest BCUT2D eigenvalue weighted by atomic mass is 10.1. The molecule has 1 heterocycles. The van der Waals surface area contributed by atoms with Crippen molar-refractivity contribution < 1.29 is 4.79 Å². The summed E-state index contributed by atoms with van der Waals surface area (Å²) in [6, 6.07) is 7.40. The van der Waals surface area contributed by atoms with Crippen LogP contribution in [0.15, 0.2) is 24.4 Å². The number of amides is 1. The Morgan fingerprint density at radius 1 is 1.48 bits per heavy atom. The van der Waals surface area contributed by atoms with Gasteiger partial charge in [-0.3, -0.25) is 4.79 Å². The van der Waals surface area contributed by atoms with Gasteiger partial charge in [-0.05, 0) is 35.9 Å². The van der Waals surface area contributed by atoms with Crippen molar-refractivity contribution in [1.29, 1.82) is 5.26 Å². The van der Waals surface area contributed by atoms with E-state index in [0.29, 0.717) is 5.69 Å². The molecule has 2 rings (SSSR count). The Labute approximate surface area is 120 Å². The minimum absolute atomic E-state index is 0.126. The van der Waals surface area contributed by atoms with Crippen molar-refractivity contribution in [2.45, 2.75) is 13.8 Å². The van der Waals surface area contributed by atoms with Crippen LogP contribution in [0.25, 0.3) is 5.57 Å². The largest absolute Gasteiger partial charge is 0.360 e. The molecule has 1 aromatic carbocycles. The lowest BCUT2D eigenvalue weighted by Crippen LogP contribution is -2.06. The van der Waals surface area contributed by atoms with E-state index in [1.807, 2.05) is 25.1 Å². The van der Waals surface area contributed by atoms with E-state index in [9.17, 15) is 4.79 Å². The van der Waals surface area contributed by atoms with Crippen LogP contribution in [0.4, 0.5) is 11.4 Å². The van der Waals surface area contributed by atoms with E-state index in [4.69, 9.17) is 5.26 Å². The quantitative estimate of drug-likeness (QED) is 0.730. The highest BCUT2D eigenvalue weighted by atomic mass is 16.1. The van der Waals surface area contributed by atoms with Gasteiger partial charge in [0.2, 0.25) is 11.7 Å². The molecule has 0 aliphatic rings. The standard InChI is InChI=1S/C13H13N7O/c1-8-5-11(16-9(2)21)3-4-12(8)15-7-10(6-14)13-17-19-20-18-13/h3-5,7,15H,1-2H3,(H,16,21)(H,17,18,19,20). The topological polar surface area (TPSA) is 119 Å². The van der Waals surface area contributed by atoms with E-state index in [2.05, 4.69) is 31.3 Å². The summed E-state index contributed by atoms with van der Waals surface area (Å²) in [5, 5.41) is 28.0. The first-order valence-electron chi connectivity index (χ1n) is 6.09. The molecule has 106 valence electrons. The van der Waals surface area contributed by atoms with Gasteiger partial charge in [-0.15, -0.1) is 10.2 Å². The average Bonchev–Trinajstić information content (AvgIpc) is 2.95. The Hall–Kier alpha value is -3.21. The number of carbonyl (C=O) groups is 1. The van der Waals surface area contributed by atoms with Gasteiger partial charge in [0.05, 0.1) is 0 Å². The summed E-state index contributed by atoms with van der Waals surface area (Å²) in [6.45, 7) is 3.34. The maximum atomic E-state index is 11.0. The number of carbonyl (C=O) groups excluding carboxylic acids is 1. The molecule has 21 heavy (non-hydrogen) atoms. The number of nitrogens with zero attached hydrogens (tertiary/aromatic N) is 4.